The highest BCUT2D eigenvalue weighted by Gasteiger charge is 2.23. The first kappa shape index (κ1) is 51.0. The molecule has 1 unspecified atom stereocenters. The van der Waals surface area contributed by atoms with Gasteiger partial charge in [-0.05, 0) is 71.1 Å². The van der Waals surface area contributed by atoms with Crippen molar-refractivity contribution in [3.8, 4) is 0 Å². The van der Waals surface area contributed by atoms with Gasteiger partial charge in [0.25, 0.3) is 0 Å². The SMILES string of the molecule is CC(=O)[O-].CCCCCCCC/C=C/CCCCCCCC(=O)OCC(C[N+](C)(C)C)OC(=O)CCCCCCC/C=C/CCCCCCCC. The van der Waals surface area contributed by atoms with Gasteiger partial charge in [-0.3, -0.25) is 9.59 Å². The van der Waals surface area contributed by atoms with Crippen LogP contribution >= 0.6 is 0 Å². The van der Waals surface area contributed by atoms with E-state index in [2.05, 4.69) is 59.3 Å². The second-order valence-corrected chi connectivity index (χ2v) is 15.4. The molecule has 0 aromatic heterocycles. The Morgan fingerprint density at radius 1 is 0.529 bits per heavy atom. The Bertz CT molecular complexity index is 843. The number of unbranched alkanes of at least 4 members (excludes halogenated alkanes) is 22. The number of carboxylic acids is 1. The summed E-state index contributed by atoms with van der Waals surface area (Å²) in [6, 6.07) is 0. The first-order valence-corrected chi connectivity index (χ1v) is 21.1. The second-order valence-electron chi connectivity index (χ2n) is 15.4. The predicted molar refractivity (Wildman–Crippen MR) is 213 cm³/mol. The van der Waals surface area contributed by atoms with Crippen LogP contribution in [0.5, 0.6) is 0 Å². The monoisotopic (exact) mass is 722 g/mol. The smallest absolute Gasteiger partial charge is 0.306 e. The molecule has 0 bridgehead atoms. The molecule has 0 aromatic carbocycles. The molecule has 0 aromatic rings. The van der Waals surface area contributed by atoms with Crippen LogP contribution in [0, 0.1) is 0 Å². The van der Waals surface area contributed by atoms with Crippen molar-refractivity contribution in [2.45, 2.75) is 207 Å². The van der Waals surface area contributed by atoms with Crippen LogP contribution in [0.1, 0.15) is 201 Å². The minimum Gasteiger partial charge on any atom is -0.550 e. The van der Waals surface area contributed by atoms with Crippen molar-refractivity contribution >= 4 is 17.9 Å². The van der Waals surface area contributed by atoms with Crippen LogP contribution in [0.2, 0.25) is 0 Å². The predicted octanol–water partition coefficient (Wildman–Crippen LogP) is 11.0. The Morgan fingerprint density at radius 3 is 1.20 bits per heavy atom. The minimum atomic E-state index is -1.08. The molecule has 300 valence electrons. The number of carboxylic acid groups (broad SMARTS) is 1. The van der Waals surface area contributed by atoms with E-state index < -0.39 is 12.1 Å². The van der Waals surface area contributed by atoms with Crippen molar-refractivity contribution in [3.63, 3.8) is 0 Å². The maximum atomic E-state index is 12.6. The molecule has 0 amide bonds. The van der Waals surface area contributed by atoms with Crippen LogP contribution in [-0.4, -0.2) is 62.8 Å². The van der Waals surface area contributed by atoms with Crippen LogP contribution in [-0.2, 0) is 23.9 Å². The molecule has 7 heteroatoms. The quantitative estimate of drug-likeness (QED) is 0.0280. The number of hydrogen-bond acceptors (Lipinski definition) is 6. The third-order valence-corrected chi connectivity index (χ3v) is 8.77. The molecule has 0 fully saturated rings. The topological polar surface area (TPSA) is 92.7 Å². The molecule has 0 heterocycles. The number of aliphatic carboxylic acids is 1. The van der Waals surface area contributed by atoms with Crippen LogP contribution in [0.25, 0.3) is 0 Å². The Morgan fingerprint density at radius 2 is 0.843 bits per heavy atom. The maximum Gasteiger partial charge on any atom is 0.306 e. The average Bonchev–Trinajstić information content (AvgIpc) is 3.06. The van der Waals surface area contributed by atoms with E-state index in [4.69, 9.17) is 19.4 Å². The Labute approximate surface area is 316 Å². The van der Waals surface area contributed by atoms with Gasteiger partial charge in [0.15, 0.2) is 6.10 Å². The summed E-state index contributed by atoms with van der Waals surface area (Å²) in [5.74, 6) is -1.43. The fourth-order valence-corrected chi connectivity index (χ4v) is 5.92. The molecular weight excluding hydrogens is 638 g/mol. The number of allylic oxidation sites excluding steroid dienone is 4. The second kappa shape index (κ2) is 39.1. The summed E-state index contributed by atoms with van der Waals surface area (Å²) >= 11 is 0. The summed E-state index contributed by atoms with van der Waals surface area (Å²) in [6.45, 7) is 6.28. The molecule has 0 spiro atoms. The summed E-state index contributed by atoms with van der Waals surface area (Å²) in [6.07, 6.45) is 42.1. The summed E-state index contributed by atoms with van der Waals surface area (Å²) in [7, 11) is 6.20. The van der Waals surface area contributed by atoms with Crippen LogP contribution in [0.4, 0.5) is 0 Å². The summed E-state index contributed by atoms with van der Waals surface area (Å²) in [5.41, 5.74) is 0. The number of rotatable bonds is 35. The van der Waals surface area contributed by atoms with Gasteiger partial charge in [-0.1, -0.05) is 141 Å². The molecule has 0 N–H and O–H groups in total. The molecule has 0 aliphatic carbocycles. The Balaban J connectivity index is 0. The maximum absolute atomic E-state index is 12.6. The molecule has 0 radical (unpaired) electrons. The van der Waals surface area contributed by atoms with Gasteiger partial charge >= 0.3 is 11.9 Å². The van der Waals surface area contributed by atoms with E-state index >= 15 is 0 Å². The first-order chi connectivity index (χ1) is 24.5. The van der Waals surface area contributed by atoms with E-state index in [0.717, 1.165) is 45.4 Å². The van der Waals surface area contributed by atoms with Crippen molar-refractivity contribution in [3.05, 3.63) is 24.3 Å². The van der Waals surface area contributed by atoms with Gasteiger partial charge in [0, 0.05) is 18.8 Å². The molecule has 0 aliphatic rings. The Hall–Kier alpha value is -2.15. The van der Waals surface area contributed by atoms with Crippen molar-refractivity contribution in [2.24, 2.45) is 0 Å². The van der Waals surface area contributed by atoms with E-state index in [1.54, 1.807) is 0 Å². The van der Waals surface area contributed by atoms with E-state index in [0.29, 0.717) is 23.9 Å². The standard InChI is InChI=1S/C42H80NO4.C2H4O2/c1-6-8-10-12-14-16-18-20-22-24-26-28-30-32-34-36-41(44)46-39-40(38-43(3,4)5)47-42(45)37-35-33-31-29-27-25-23-21-19-17-15-13-11-9-7-2;1-2(3)4/h20-23,40H,6-19,24-39H2,1-5H3;1H3,(H,3,4)/q+1;/p-1/b22-20+,23-21+;. The average molecular weight is 722 g/mol. The summed E-state index contributed by atoms with van der Waals surface area (Å²) < 4.78 is 12.0. The molecule has 1 atom stereocenters. The van der Waals surface area contributed by atoms with Crippen molar-refractivity contribution < 1.29 is 33.4 Å². The molecule has 7 nitrogen and oxygen atoms in total. The molecule has 51 heavy (non-hydrogen) atoms. The highest BCUT2D eigenvalue weighted by Crippen LogP contribution is 2.13. The zero-order valence-electron chi connectivity index (χ0n) is 34.5. The van der Waals surface area contributed by atoms with E-state index in [1.165, 1.54) is 128 Å². The van der Waals surface area contributed by atoms with Crippen molar-refractivity contribution in [1.29, 1.82) is 0 Å². The first-order valence-electron chi connectivity index (χ1n) is 21.1. The van der Waals surface area contributed by atoms with Crippen LogP contribution in [0.15, 0.2) is 24.3 Å². The fraction of sp³-hybridized carbons (Fsp3) is 0.841. The Kier molecular flexibility index (Phi) is 39.0. The molecule has 0 saturated carbocycles. The third-order valence-electron chi connectivity index (χ3n) is 8.77. The fourth-order valence-electron chi connectivity index (χ4n) is 5.92. The highest BCUT2D eigenvalue weighted by atomic mass is 16.6. The van der Waals surface area contributed by atoms with Gasteiger partial charge in [0.1, 0.15) is 13.2 Å². The number of likely N-dealkylation sites (N-methyl/N-ethyl adjacent to an activating group) is 1. The lowest BCUT2D eigenvalue weighted by Crippen LogP contribution is -2.45. The normalized spacial score (nSPS) is 12.2. The third kappa shape index (κ3) is 47.8. The van der Waals surface area contributed by atoms with Gasteiger partial charge in [0.05, 0.1) is 21.1 Å². The number of carbonyl (C=O) groups is 3. The number of ether oxygens (including phenoxy) is 2. The lowest BCUT2D eigenvalue weighted by atomic mass is 10.1. The van der Waals surface area contributed by atoms with Crippen LogP contribution < -0.4 is 5.11 Å². The summed E-state index contributed by atoms with van der Waals surface area (Å²) in [4.78, 5) is 33.8. The molecular formula is C44H83NO6. The number of quaternary nitrogens is 1. The van der Waals surface area contributed by atoms with Crippen molar-refractivity contribution in [2.75, 3.05) is 34.3 Å². The zero-order chi connectivity index (χ0) is 38.3. The van der Waals surface area contributed by atoms with Gasteiger partial charge in [0.2, 0.25) is 0 Å². The number of nitrogens with zero attached hydrogens (tertiary/aromatic N) is 1. The molecule has 0 aliphatic heterocycles. The van der Waals surface area contributed by atoms with E-state index in [9.17, 15) is 9.59 Å². The number of esters is 2. The van der Waals surface area contributed by atoms with Gasteiger partial charge in [-0.2, -0.15) is 0 Å². The van der Waals surface area contributed by atoms with Gasteiger partial charge in [-0.15, -0.1) is 0 Å². The van der Waals surface area contributed by atoms with E-state index in [-0.39, 0.29) is 18.5 Å². The lowest BCUT2D eigenvalue weighted by molar-refractivity contribution is -0.873. The van der Waals surface area contributed by atoms with Gasteiger partial charge < -0.3 is 23.9 Å². The number of hydrogen-bond donors (Lipinski definition) is 0. The van der Waals surface area contributed by atoms with Crippen LogP contribution in [0.3, 0.4) is 0 Å². The van der Waals surface area contributed by atoms with Crippen molar-refractivity contribution in [1.82, 2.24) is 0 Å². The summed E-state index contributed by atoms with van der Waals surface area (Å²) in [5, 5.41) is 8.89. The lowest BCUT2D eigenvalue weighted by Gasteiger charge is -2.28. The highest BCUT2D eigenvalue weighted by molar-refractivity contribution is 5.70. The van der Waals surface area contributed by atoms with Gasteiger partial charge in [-0.25, -0.2) is 0 Å². The largest absolute Gasteiger partial charge is 0.550 e. The zero-order valence-corrected chi connectivity index (χ0v) is 34.5. The minimum absolute atomic E-state index is 0.150. The molecule has 0 rings (SSSR count). The number of carbonyl (C=O) groups excluding carboxylic acids is 3. The van der Waals surface area contributed by atoms with E-state index in [1.807, 2.05) is 0 Å². The molecule has 0 saturated heterocycles.